The van der Waals surface area contributed by atoms with Gasteiger partial charge in [-0.2, -0.15) is 0 Å². The fraction of sp³-hybridized carbons (Fsp3) is 0.269. The number of nitrogens with zero attached hydrogens (tertiary/aromatic N) is 5. The molecule has 1 aliphatic heterocycles. The molecule has 0 aliphatic carbocycles. The van der Waals surface area contributed by atoms with E-state index in [0.717, 1.165) is 22.6 Å². The lowest BCUT2D eigenvalue weighted by atomic mass is 9.92. The molecule has 1 fully saturated rings. The second-order valence-electron chi connectivity index (χ2n) is 8.10. The van der Waals surface area contributed by atoms with Crippen molar-refractivity contribution in [1.82, 2.24) is 9.80 Å². The van der Waals surface area contributed by atoms with Crippen LogP contribution in [-0.4, -0.2) is 49.1 Å². The Morgan fingerprint density at radius 3 is 2.06 bits per heavy atom. The highest BCUT2D eigenvalue weighted by atomic mass is 16.5. The van der Waals surface area contributed by atoms with Crippen molar-refractivity contribution in [3.05, 3.63) is 106 Å². The predicted octanol–water partition coefficient (Wildman–Crippen LogP) is 5.64. The van der Waals surface area contributed by atoms with Gasteiger partial charge >= 0.3 is 6.03 Å². The Morgan fingerprint density at radius 1 is 0.912 bits per heavy atom. The van der Waals surface area contributed by atoms with Crippen molar-refractivity contribution < 1.29 is 9.53 Å². The van der Waals surface area contributed by atoms with E-state index in [0.29, 0.717) is 26.2 Å². The number of benzene rings is 3. The number of methoxy groups -OCH3 is 1. The van der Waals surface area contributed by atoms with E-state index in [4.69, 9.17) is 4.74 Å². The van der Waals surface area contributed by atoms with Gasteiger partial charge in [0.2, 0.25) is 0 Å². The van der Waals surface area contributed by atoms with Gasteiger partial charge in [0.25, 0.3) is 0 Å². The van der Waals surface area contributed by atoms with E-state index in [1.54, 1.807) is 7.11 Å². The maximum Gasteiger partial charge on any atom is 0.321 e. The Labute approximate surface area is 199 Å². The van der Waals surface area contributed by atoms with E-state index in [1.165, 1.54) is 0 Å². The molecule has 1 saturated heterocycles. The number of urea groups is 1. The standard InChI is InChI=1S/C26H28N6O2/c1-34-23-14-12-22(13-15-23)28-26(33)32-18-16-31(17-19-32)25(21-10-6-3-7-11-21)24(29-30-27)20-8-4-2-5-9-20/h2-15,24-25H,16-19H2,1H3,(H,28,33)/t24-,25+/m0/s1. The number of ether oxygens (including phenoxy) is 1. The fourth-order valence-electron chi connectivity index (χ4n) is 4.34. The van der Waals surface area contributed by atoms with Crippen molar-refractivity contribution in [1.29, 1.82) is 0 Å². The zero-order chi connectivity index (χ0) is 23.8. The van der Waals surface area contributed by atoms with Gasteiger partial charge in [-0.15, -0.1) is 0 Å². The topological polar surface area (TPSA) is 93.6 Å². The van der Waals surface area contributed by atoms with Gasteiger partial charge in [-0.05, 0) is 40.9 Å². The van der Waals surface area contributed by atoms with Crippen LogP contribution in [0.15, 0.2) is 90.0 Å². The minimum absolute atomic E-state index is 0.129. The molecule has 8 heteroatoms. The largest absolute Gasteiger partial charge is 0.497 e. The summed E-state index contributed by atoms with van der Waals surface area (Å²) in [4.78, 5) is 20.1. The molecule has 0 radical (unpaired) electrons. The third-order valence-electron chi connectivity index (χ3n) is 6.09. The third-order valence-corrected chi connectivity index (χ3v) is 6.09. The first-order valence-electron chi connectivity index (χ1n) is 11.3. The van der Waals surface area contributed by atoms with E-state index >= 15 is 0 Å². The minimum atomic E-state index is -0.381. The average Bonchev–Trinajstić information content (AvgIpc) is 2.90. The first kappa shape index (κ1) is 23.2. The molecule has 1 heterocycles. The molecule has 0 bridgehead atoms. The smallest absolute Gasteiger partial charge is 0.321 e. The summed E-state index contributed by atoms with van der Waals surface area (Å²) in [5.41, 5.74) is 12.1. The minimum Gasteiger partial charge on any atom is -0.497 e. The number of piperazine rings is 1. The number of rotatable bonds is 7. The number of carbonyl (C=O) groups is 1. The van der Waals surface area contributed by atoms with Gasteiger partial charge in [0.1, 0.15) is 5.75 Å². The summed E-state index contributed by atoms with van der Waals surface area (Å²) in [5, 5.41) is 7.16. The number of amides is 2. The third kappa shape index (κ3) is 5.49. The zero-order valence-corrected chi connectivity index (χ0v) is 19.1. The molecule has 3 aromatic rings. The molecule has 0 unspecified atom stereocenters. The Bertz CT molecular complexity index is 1110. The van der Waals surface area contributed by atoms with Crippen LogP contribution in [0.5, 0.6) is 5.75 Å². The van der Waals surface area contributed by atoms with Crippen molar-refractivity contribution in [3.63, 3.8) is 0 Å². The van der Waals surface area contributed by atoms with Crippen LogP contribution in [-0.2, 0) is 0 Å². The lowest BCUT2D eigenvalue weighted by Crippen LogP contribution is -2.51. The Hall–Kier alpha value is -4.00. The predicted molar refractivity (Wildman–Crippen MR) is 133 cm³/mol. The maximum absolute atomic E-state index is 12.8. The number of azide groups is 1. The highest BCUT2D eigenvalue weighted by Gasteiger charge is 2.33. The van der Waals surface area contributed by atoms with Crippen molar-refractivity contribution in [2.24, 2.45) is 5.11 Å². The van der Waals surface area contributed by atoms with Gasteiger partial charge in [0.05, 0.1) is 13.2 Å². The summed E-state index contributed by atoms with van der Waals surface area (Å²) in [6.45, 7) is 2.48. The number of anilines is 1. The second-order valence-corrected chi connectivity index (χ2v) is 8.10. The molecular weight excluding hydrogens is 428 g/mol. The molecule has 8 nitrogen and oxygen atoms in total. The lowest BCUT2D eigenvalue weighted by Gasteiger charge is -2.41. The summed E-state index contributed by atoms with van der Waals surface area (Å²) in [5.74, 6) is 0.742. The number of carbonyl (C=O) groups excluding carboxylic acids is 1. The van der Waals surface area contributed by atoms with Gasteiger partial charge in [0.15, 0.2) is 0 Å². The van der Waals surface area contributed by atoms with Crippen LogP contribution in [0.3, 0.4) is 0 Å². The number of nitrogens with one attached hydrogen (secondary N) is 1. The molecule has 1 N–H and O–H groups in total. The molecule has 2 amide bonds. The highest BCUT2D eigenvalue weighted by Crippen LogP contribution is 2.37. The van der Waals surface area contributed by atoms with E-state index in [-0.39, 0.29) is 18.1 Å². The van der Waals surface area contributed by atoms with Gasteiger partial charge in [0, 0.05) is 42.8 Å². The van der Waals surface area contributed by atoms with Crippen LogP contribution in [0.25, 0.3) is 10.4 Å². The molecule has 1 aliphatic rings. The molecule has 0 aromatic heterocycles. The van der Waals surface area contributed by atoms with Gasteiger partial charge in [-0.1, -0.05) is 65.8 Å². The molecule has 174 valence electrons. The second kappa shape index (κ2) is 11.2. The number of hydrogen-bond donors (Lipinski definition) is 1. The van der Waals surface area contributed by atoms with Crippen molar-refractivity contribution in [3.8, 4) is 5.75 Å². The average molecular weight is 457 g/mol. The SMILES string of the molecule is COc1ccc(NC(=O)N2CCN([C@H](c3ccccc3)[C@@H](N=[N+]=[N-])c3ccccc3)CC2)cc1. The first-order valence-corrected chi connectivity index (χ1v) is 11.3. The molecule has 2 atom stereocenters. The van der Waals surface area contributed by atoms with Gasteiger partial charge in [-0.3, -0.25) is 4.90 Å². The van der Waals surface area contributed by atoms with Crippen molar-refractivity contribution in [2.75, 3.05) is 38.6 Å². The molecular formula is C26H28N6O2. The van der Waals surface area contributed by atoms with Gasteiger partial charge < -0.3 is 15.0 Å². The summed E-state index contributed by atoms with van der Waals surface area (Å²) in [7, 11) is 1.61. The van der Waals surface area contributed by atoms with Crippen LogP contribution in [0.4, 0.5) is 10.5 Å². The first-order chi connectivity index (χ1) is 16.7. The van der Waals surface area contributed by atoms with Crippen molar-refractivity contribution in [2.45, 2.75) is 12.1 Å². The quantitative estimate of drug-likeness (QED) is 0.283. The van der Waals surface area contributed by atoms with Crippen LogP contribution in [0.2, 0.25) is 0 Å². The molecule has 0 spiro atoms. The molecule has 3 aromatic carbocycles. The van der Waals surface area contributed by atoms with Gasteiger partial charge in [-0.25, -0.2) is 4.79 Å². The Kier molecular flexibility index (Phi) is 7.65. The Morgan fingerprint density at radius 2 is 1.50 bits per heavy atom. The molecule has 4 rings (SSSR count). The summed E-state index contributed by atoms with van der Waals surface area (Å²) in [6, 6.07) is 26.6. The number of hydrogen-bond acceptors (Lipinski definition) is 4. The van der Waals surface area contributed by atoms with E-state index in [2.05, 4.69) is 32.4 Å². The summed E-state index contributed by atoms with van der Waals surface area (Å²) >= 11 is 0. The van der Waals surface area contributed by atoms with E-state index in [1.807, 2.05) is 77.7 Å². The summed E-state index contributed by atoms with van der Waals surface area (Å²) < 4.78 is 5.17. The van der Waals surface area contributed by atoms with Crippen LogP contribution in [0.1, 0.15) is 23.2 Å². The van der Waals surface area contributed by atoms with Crippen LogP contribution in [0, 0.1) is 0 Å². The maximum atomic E-state index is 12.8. The van der Waals surface area contributed by atoms with Crippen LogP contribution < -0.4 is 10.1 Å². The van der Waals surface area contributed by atoms with Crippen molar-refractivity contribution >= 4 is 11.7 Å². The monoisotopic (exact) mass is 456 g/mol. The molecule has 34 heavy (non-hydrogen) atoms. The highest BCUT2D eigenvalue weighted by molar-refractivity contribution is 5.89. The van der Waals surface area contributed by atoms with Crippen LogP contribution >= 0.6 is 0 Å². The van der Waals surface area contributed by atoms with E-state index < -0.39 is 0 Å². The Balaban J connectivity index is 1.49. The zero-order valence-electron chi connectivity index (χ0n) is 19.1. The molecule has 0 saturated carbocycles. The van der Waals surface area contributed by atoms with E-state index in [9.17, 15) is 10.3 Å². The lowest BCUT2D eigenvalue weighted by molar-refractivity contribution is 0.100. The summed E-state index contributed by atoms with van der Waals surface area (Å²) in [6.07, 6.45) is 0. The fourth-order valence-corrected chi connectivity index (χ4v) is 4.34. The normalized spacial score (nSPS) is 15.6.